The van der Waals surface area contributed by atoms with Gasteiger partial charge in [0.1, 0.15) is 11.5 Å². The zero-order valence-corrected chi connectivity index (χ0v) is 17.6. The molecule has 0 saturated carbocycles. The molecule has 3 aromatic rings. The van der Waals surface area contributed by atoms with Crippen molar-refractivity contribution in [3.63, 3.8) is 0 Å². The lowest BCUT2D eigenvalue weighted by Crippen LogP contribution is -2.48. The van der Waals surface area contributed by atoms with Gasteiger partial charge in [-0.25, -0.2) is 0 Å². The second kappa shape index (κ2) is 9.27. The van der Waals surface area contributed by atoms with Gasteiger partial charge in [-0.05, 0) is 36.5 Å². The number of aryl methyl sites for hydroxylation is 1. The second-order valence-corrected chi connectivity index (χ2v) is 8.06. The maximum absolute atomic E-state index is 12.7. The third-order valence-electron chi connectivity index (χ3n) is 5.17. The number of thiophene rings is 1. The number of hydrogen-bond donors (Lipinski definition) is 1. The van der Waals surface area contributed by atoms with Crippen molar-refractivity contribution in [1.29, 1.82) is 0 Å². The standard InChI is InChI=1S/C21H24N4O4S/c1-28-15-6-7-16(17(26)14-15)21(27)25-11-9-24(10-12-25)8-2-5-19-22-20(23-29-19)18-4-3-13-30-18/h3-4,6-7,13-14,26H,2,5,8-12H2,1H3. The average Bonchev–Trinajstić information content (AvgIpc) is 3.46. The summed E-state index contributed by atoms with van der Waals surface area (Å²) in [7, 11) is 1.52. The fourth-order valence-corrected chi connectivity index (χ4v) is 4.13. The first-order valence-corrected chi connectivity index (χ1v) is 10.8. The van der Waals surface area contributed by atoms with Gasteiger partial charge in [-0.15, -0.1) is 11.3 Å². The number of aromatic hydroxyl groups is 1. The first-order valence-electron chi connectivity index (χ1n) is 9.89. The van der Waals surface area contributed by atoms with Crippen LogP contribution in [0.25, 0.3) is 10.7 Å². The molecule has 0 spiro atoms. The molecule has 3 heterocycles. The van der Waals surface area contributed by atoms with Gasteiger partial charge in [-0.1, -0.05) is 11.2 Å². The van der Waals surface area contributed by atoms with E-state index >= 15 is 0 Å². The van der Waals surface area contributed by atoms with Crippen molar-refractivity contribution in [2.24, 2.45) is 0 Å². The number of piperazine rings is 1. The highest BCUT2D eigenvalue weighted by molar-refractivity contribution is 7.13. The topological polar surface area (TPSA) is 91.9 Å². The Balaban J connectivity index is 1.22. The number of hydrogen-bond acceptors (Lipinski definition) is 8. The average molecular weight is 429 g/mol. The minimum Gasteiger partial charge on any atom is -0.507 e. The van der Waals surface area contributed by atoms with Crippen LogP contribution >= 0.6 is 11.3 Å². The number of methoxy groups -OCH3 is 1. The molecule has 1 saturated heterocycles. The first kappa shape index (κ1) is 20.4. The summed E-state index contributed by atoms with van der Waals surface area (Å²) in [5.74, 6) is 1.62. The summed E-state index contributed by atoms with van der Waals surface area (Å²) in [5.41, 5.74) is 0.308. The van der Waals surface area contributed by atoms with E-state index in [-0.39, 0.29) is 11.7 Å². The maximum atomic E-state index is 12.7. The van der Waals surface area contributed by atoms with E-state index in [1.54, 1.807) is 28.4 Å². The van der Waals surface area contributed by atoms with E-state index in [0.29, 0.717) is 36.1 Å². The number of amides is 1. The van der Waals surface area contributed by atoms with E-state index in [2.05, 4.69) is 15.0 Å². The quantitative estimate of drug-likeness (QED) is 0.619. The molecule has 1 aliphatic rings. The molecule has 2 aromatic heterocycles. The Bertz CT molecular complexity index is 981. The van der Waals surface area contributed by atoms with Crippen LogP contribution in [-0.2, 0) is 6.42 Å². The van der Waals surface area contributed by atoms with Crippen LogP contribution in [0.1, 0.15) is 22.7 Å². The van der Waals surface area contributed by atoms with Gasteiger partial charge in [0.25, 0.3) is 5.91 Å². The molecule has 1 fully saturated rings. The van der Waals surface area contributed by atoms with Gasteiger partial charge in [-0.3, -0.25) is 9.69 Å². The SMILES string of the molecule is COc1ccc(C(=O)N2CCN(CCCc3nc(-c4cccs4)no3)CC2)c(O)c1. The predicted molar refractivity (Wildman–Crippen MR) is 113 cm³/mol. The zero-order valence-electron chi connectivity index (χ0n) is 16.8. The van der Waals surface area contributed by atoms with E-state index in [9.17, 15) is 9.90 Å². The van der Waals surface area contributed by atoms with E-state index in [0.717, 1.165) is 37.4 Å². The minimum atomic E-state index is -0.151. The summed E-state index contributed by atoms with van der Waals surface area (Å²) in [5, 5.41) is 16.1. The maximum Gasteiger partial charge on any atom is 0.257 e. The molecule has 8 nitrogen and oxygen atoms in total. The van der Waals surface area contributed by atoms with Crippen LogP contribution in [0.5, 0.6) is 11.5 Å². The third-order valence-corrected chi connectivity index (χ3v) is 6.04. The number of nitrogens with zero attached hydrogens (tertiary/aromatic N) is 4. The van der Waals surface area contributed by atoms with Crippen molar-refractivity contribution in [1.82, 2.24) is 19.9 Å². The lowest BCUT2D eigenvalue weighted by Gasteiger charge is -2.34. The Labute approximate surface area is 178 Å². The van der Waals surface area contributed by atoms with Gasteiger partial charge < -0.3 is 19.3 Å². The van der Waals surface area contributed by atoms with Crippen LogP contribution < -0.4 is 4.74 Å². The van der Waals surface area contributed by atoms with E-state index in [4.69, 9.17) is 9.26 Å². The molecule has 9 heteroatoms. The monoisotopic (exact) mass is 428 g/mol. The third kappa shape index (κ3) is 4.63. The Morgan fingerprint density at radius 3 is 2.80 bits per heavy atom. The van der Waals surface area contributed by atoms with Gasteiger partial charge in [0, 0.05) is 38.7 Å². The minimum absolute atomic E-state index is 0.0525. The van der Waals surface area contributed by atoms with Crippen LogP contribution in [0.2, 0.25) is 0 Å². The van der Waals surface area contributed by atoms with Gasteiger partial charge in [0.2, 0.25) is 11.7 Å². The Morgan fingerprint density at radius 2 is 2.10 bits per heavy atom. The molecular weight excluding hydrogens is 404 g/mol. The molecule has 1 aromatic carbocycles. The van der Waals surface area contributed by atoms with E-state index in [1.165, 1.54) is 13.2 Å². The van der Waals surface area contributed by atoms with Crippen molar-refractivity contribution in [2.75, 3.05) is 39.8 Å². The number of carbonyl (C=O) groups excluding carboxylic acids is 1. The molecule has 4 rings (SSSR count). The fourth-order valence-electron chi connectivity index (χ4n) is 3.48. The number of ether oxygens (including phenoxy) is 1. The number of aromatic nitrogens is 2. The summed E-state index contributed by atoms with van der Waals surface area (Å²) >= 11 is 1.59. The summed E-state index contributed by atoms with van der Waals surface area (Å²) in [6.45, 7) is 3.77. The zero-order chi connectivity index (χ0) is 20.9. The highest BCUT2D eigenvalue weighted by atomic mass is 32.1. The molecule has 0 bridgehead atoms. The Kier molecular flexibility index (Phi) is 6.29. The molecule has 1 N–H and O–H groups in total. The second-order valence-electron chi connectivity index (χ2n) is 7.11. The van der Waals surface area contributed by atoms with Gasteiger partial charge >= 0.3 is 0 Å². The van der Waals surface area contributed by atoms with Crippen molar-refractivity contribution in [3.05, 3.63) is 47.2 Å². The molecule has 1 amide bonds. The molecular formula is C21H24N4O4S. The van der Waals surface area contributed by atoms with Crippen molar-refractivity contribution in [3.8, 4) is 22.2 Å². The number of phenols is 1. The van der Waals surface area contributed by atoms with Gasteiger partial charge in [-0.2, -0.15) is 4.98 Å². The number of carbonyl (C=O) groups is 1. The molecule has 158 valence electrons. The molecule has 0 aliphatic carbocycles. The Morgan fingerprint density at radius 1 is 1.27 bits per heavy atom. The largest absolute Gasteiger partial charge is 0.507 e. The number of rotatable bonds is 7. The van der Waals surface area contributed by atoms with Crippen molar-refractivity contribution >= 4 is 17.2 Å². The summed E-state index contributed by atoms with van der Waals surface area (Å²) in [6.07, 6.45) is 1.65. The lowest BCUT2D eigenvalue weighted by atomic mass is 10.1. The molecule has 30 heavy (non-hydrogen) atoms. The van der Waals surface area contributed by atoms with E-state index < -0.39 is 0 Å². The predicted octanol–water partition coefficient (Wildman–Crippen LogP) is 2.90. The van der Waals surface area contributed by atoms with Gasteiger partial charge in [0.15, 0.2) is 0 Å². The normalized spacial score (nSPS) is 14.8. The number of phenolic OH excluding ortho intramolecular Hbond substituents is 1. The highest BCUT2D eigenvalue weighted by Crippen LogP contribution is 2.25. The van der Waals surface area contributed by atoms with Crippen molar-refractivity contribution in [2.45, 2.75) is 12.8 Å². The van der Waals surface area contributed by atoms with Crippen LogP contribution in [0.3, 0.4) is 0 Å². The first-order chi connectivity index (χ1) is 14.6. The lowest BCUT2D eigenvalue weighted by molar-refractivity contribution is 0.0632. The Hall–Kier alpha value is -2.91. The highest BCUT2D eigenvalue weighted by Gasteiger charge is 2.24. The molecule has 1 aliphatic heterocycles. The number of benzene rings is 1. The van der Waals surface area contributed by atoms with Crippen LogP contribution in [0, 0.1) is 0 Å². The fraction of sp³-hybridized carbons (Fsp3) is 0.381. The van der Waals surface area contributed by atoms with Gasteiger partial charge in [0.05, 0.1) is 17.6 Å². The van der Waals surface area contributed by atoms with Crippen LogP contribution in [0.15, 0.2) is 40.2 Å². The summed E-state index contributed by atoms with van der Waals surface area (Å²) < 4.78 is 10.4. The van der Waals surface area contributed by atoms with E-state index in [1.807, 2.05) is 17.5 Å². The van der Waals surface area contributed by atoms with Crippen LogP contribution in [-0.4, -0.2) is 70.8 Å². The smallest absolute Gasteiger partial charge is 0.257 e. The van der Waals surface area contributed by atoms with Crippen molar-refractivity contribution < 1.29 is 19.2 Å². The molecule has 0 atom stereocenters. The summed E-state index contributed by atoms with van der Waals surface area (Å²) in [4.78, 5) is 22.3. The molecule has 0 unspecified atom stereocenters. The summed E-state index contributed by atoms with van der Waals surface area (Å²) in [6, 6.07) is 8.70. The molecule has 0 radical (unpaired) electrons. The van der Waals surface area contributed by atoms with Crippen LogP contribution in [0.4, 0.5) is 0 Å².